The molecule has 156 valence electrons. The van der Waals surface area contributed by atoms with Crippen molar-refractivity contribution in [1.82, 2.24) is 9.38 Å². The molecule has 0 atom stereocenters. The molecule has 0 saturated carbocycles. The predicted octanol–water partition coefficient (Wildman–Crippen LogP) is 5.93. The summed E-state index contributed by atoms with van der Waals surface area (Å²) in [5.41, 5.74) is 3.87. The van der Waals surface area contributed by atoms with Gasteiger partial charge < -0.3 is 4.84 Å². The molecule has 0 spiro atoms. The zero-order chi connectivity index (χ0) is 21.4. The first-order valence-electron chi connectivity index (χ1n) is 9.89. The van der Waals surface area contributed by atoms with Crippen molar-refractivity contribution in [2.75, 3.05) is 0 Å². The van der Waals surface area contributed by atoms with Gasteiger partial charge in [0.2, 0.25) is 0 Å². The highest BCUT2D eigenvalue weighted by Gasteiger charge is 2.22. The summed E-state index contributed by atoms with van der Waals surface area (Å²) in [4.78, 5) is 24.4. The van der Waals surface area contributed by atoms with E-state index in [-0.39, 0.29) is 5.56 Å². The fourth-order valence-corrected chi connectivity index (χ4v) is 5.10. The fourth-order valence-electron chi connectivity index (χ4n) is 3.76. The normalized spacial score (nSPS) is 13.6. The highest BCUT2D eigenvalue weighted by molar-refractivity contribution is 7.17. The summed E-state index contributed by atoms with van der Waals surface area (Å²) < 4.78 is 15.2. The van der Waals surface area contributed by atoms with Crippen molar-refractivity contribution >= 4 is 40.1 Å². The third-order valence-corrected chi connectivity index (χ3v) is 6.66. The SMILES string of the molecule is O=C(ON=Cc1c(-c2ccc(Cl)cc2)nc2sc3c(n12)CCCC3)c1ccc(F)cc1. The molecule has 0 saturated heterocycles. The minimum atomic E-state index is -0.655. The first kappa shape index (κ1) is 19.9. The number of aryl methyl sites for hydroxylation is 2. The van der Waals surface area contributed by atoms with Crippen LogP contribution in [0, 0.1) is 5.82 Å². The number of hydrogen-bond acceptors (Lipinski definition) is 5. The molecule has 1 aliphatic rings. The zero-order valence-electron chi connectivity index (χ0n) is 16.3. The lowest BCUT2D eigenvalue weighted by atomic mass is 10.0. The number of benzene rings is 2. The van der Waals surface area contributed by atoms with Crippen molar-refractivity contribution < 1.29 is 14.0 Å². The number of nitrogens with zero attached hydrogens (tertiary/aromatic N) is 3. The van der Waals surface area contributed by atoms with Crippen LogP contribution in [0.1, 0.15) is 39.5 Å². The zero-order valence-corrected chi connectivity index (χ0v) is 17.9. The second-order valence-electron chi connectivity index (χ2n) is 7.27. The van der Waals surface area contributed by atoms with E-state index >= 15 is 0 Å². The molecular weight excluding hydrogens is 437 g/mol. The molecule has 2 aromatic carbocycles. The Labute approximate surface area is 186 Å². The van der Waals surface area contributed by atoms with Crippen molar-refractivity contribution in [3.05, 3.63) is 81.2 Å². The molecule has 2 heterocycles. The van der Waals surface area contributed by atoms with Gasteiger partial charge in [0, 0.05) is 21.2 Å². The monoisotopic (exact) mass is 453 g/mol. The molecule has 5 rings (SSSR count). The standard InChI is InChI=1S/C23H17ClFN3O2S/c24-16-9-5-14(6-10-16)21-19(13-26-30-22(29)15-7-11-17(25)12-8-15)28-18-3-1-2-4-20(18)31-23(28)27-21/h5-13H,1-4H2. The lowest BCUT2D eigenvalue weighted by Crippen LogP contribution is -2.06. The number of oxime groups is 1. The smallest absolute Gasteiger partial charge is 0.313 e. The maximum atomic E-state index is 13.1. The molecule has 0 amide bonds. The lowest BCUT2D eigenvalue weighted by molar-refractivity contribution is 0.0519. The number of carbonyl (C=O) groups excluding carboxylic acids is 1. The summed E-state index contributed by atoms with van der Waals surface area (Å²) in [7, 11) is 0. The van der Waals surface area contributed by atoms with Crippen LogP contribution in [0.5, 0.6) is 0 Å². The minimum absolute atomic E-state index is 0.225. The fraction of sp³-hybridized carbons (Fsp3) is 0.174. The van der Waals surface area contributed by atoms with Crippen molar-refractivity contribution in [3.8, 4) is 11.3 Å². The molecule has 8 heteroatoms. The van der Waals surface area contributed by atoms with E-state index < -0.39 is 11.8 Å². The van der Waals surface area contributed by atoms with Crippen LogP contribution < -0.4 is 0 Å². The summed E-state index contributed by atoms with van der Waals surface area (Å²) in [6.45, 7) is 0. The van der Waals surface area contributed by atoms with Gasteiger partial charge in [0.05, 0.1) is 23.2 Å². The van der Waals surface area contributed by atoms with Gasteiger partial charge >= 0.3 is 5.97 Å². The summed E-state index contributed by atoms with van der Waals surface area (Å²) in [5, 5.41) is 4.59. The summed E-state index contributed by atoms with van der Waals surface area (Å²) in [6.07, 6.45) is 5.85. The number of hydrogen-bond donors (Lipinski definition) is 0. The summed E-state index contributed by atoms with van der Waals surface area (Å²) in [6, 6.07) is 12.6. The van der Waals surface area contributed by atoms with Crippen LogP contribution in [0.4, 0.5) is 4.39 Å². The van der Waals surface area contributed by atoms with E-state index in [0.29, 0.717) is 5.02 Å². The van der Waals surface area contributed by atoms with Gasteiger partial charge in [-0.25, -0.2) is 14.2 Å². The molecule has 0 bridgehead atoms. The largest absolute Gasteiger partial charge is 0.365 e. The number of rotatable bonds is 4. The molecule has 5 nitrogen and oxygen atoms in total. The Hall–Kier alpha value is -3.03. The third-order valence-electron chi connectivity index (χ3n) is 5.26. The quantitative estimate of drug-likeness (QED) is 0.219. The number of fused-ring (bicyclic) bond motifs is 3. The van der Waals surface area contributed by atoms with E-state index in [9.17, 15) is 9.18 Å². The molecule has 2 aromatic heterocycles. The molecule has 0 unspecified atom stereocenters. The maximum Gasteiger partial charge on any atom is 0.365 e. The molecule has 0 radical (unpaired) electrons. The Kier molecular flexibility index (Phi) is 5.29. The second-order valence-corrected chi connectivity index (χ2v) is 8.77. The van der Waals surface area contributed by atoms with E-state index in [1.165, 1.54) is 47.5 Å². The van der Waals surface area contributed by atoms with Gasteiger partial charge in [-0.3, -0.25) is 4.40 Å². The Morgan fingerprint density at radius 1 is 1.13 bits per heavy atom. The highest BCUT2D eigenvalue weighted by Crippen LogP contribution is 2.34. The van der Waals surface area contributed by atoms with Gasteiger partial charge in [0.25, 0.3) is 0 Å². The third kappa shape index (κ3) is 3.86. The molecular formula is C23H17ClFN3O2S. The van der Waals surface area contributed by atoms with Crippen LogP contribution in [0.15, 0.2) is 53.7 Å². The molecule has 4 aromatic rings. The van der Waals surface area contributed by atoms with Crippen molar-refractivity contribution in [2.24, 2.45) is 5.16 Å². The van der Waals surface area contributed by atoms with E-state index in [1.54, 1.807) is 11.3 Å². The van der Waals surface area contributed by atoms with Crippen LogP contribution in [0.2, 0.25) is 5.02 Å². The average Bonchev–Trinajstić information content (AvgIpc) is 3.31. The number of aromatic nitrogens is 2. The molecule has 0 fully saturated rings. The minimum Gasteiger partial charge on any atom is -0.313 e. The van der Waals surface area contributed by atoms with Gasteiger partial charge in [-0.05, 0) is 62.1 Å². The summed E-state index contributed by atoms with van der Waals surface area (Å²) >= 11 is 7.74. The van der Waals surface area contributed by atoms with E-state index in [1.807, 2.05) is 24.3 Å². The van der Waals surface area contributed by atoms with Gasteiger partial charge in [0.15, 0.2) is 4.96 Å². The average molecular weight is 454 g/mol. The number of thiazole rings is 1. The van der Waals surface area contributed by atoms with Gasteiger partial charge in [-0.15, -0.1) is 11.3 Å². The van der Waals surface area contributed by atoms with Crippen LogP contribution >= 0.6 is 22.9 Å². The van der Waals surface area contributed by atoms with Gasteiger partial charge in [-0.1, -0.05) is 28.9 Å². The molecule has 0 aliphatic heterocycles. The van der Waals surface area contributed by atoms with Crippen LogP contribution in [-0.2, 0) is 17.7 Å². The van der Waals surface area contributed by atoms with Crippen molar-refractivity contribution in [2.45, 2.75) is 25.7 Å². The lowest BCUT2D eigenvalue weighted by Gasteiger charge is -2.11. The van der Waals surface area contributed by atoms with Crippen LogP contribution in [-0.4, -0.2) is 21.6 Å². The number of halogens is 2. The molecule has 1 aliphatic carbocycles. The van der Waals surface area contributed by atoms with E-state index in [0.717, 1.165) is 41.2 Å². The van der Waals surface area contributed by atoms with Gasteiger partial charge in [-0.2, -0.15) is 0 Å². The predicted molar refractivity (Wildman–Crippen MR) is 120 cm³/mol. The van der Waals surface area contributed by atoms with E-state index in [4.69, 9.17) is 21.4 Å². The van der Waals surface area contributed by atoms with E-state index in [2.05, 4.69) is 9.56 Å². The Morgan fingerprint density at radius 2 is 1.87 bits per heavy atom. The second kappa shape index (κ2) is 8.24. The Balaban J connectivity index is 1.53. The summed E-state index contributed by atoms with van der Waals surface area (Å²) in [5.74, 6) is -1.08. The first-order valence-corrected chi connectivity index (χ1v) is 11.1. The van der Waals surface area contributed by atoms with Gasteiger partial charge in [0.1, 0.15) is 5.82 Å². The van der Waals surface area contributed by atoms with Crippen LogP contribution in [0.25, 0.3) is 16.2 Å². The highest BCUT2D eigenvalue weighted by atomic mass is 35.5. The Morgan fingerprint density at radius 3 is 2.65 bits per heavy atom. The molecule has 31 heavy (non-hydrogen) atoms. The topological polar surface area (TPSA) is 56.0 Å². The van der Waals surface area contributed by atoms with Crippen molar-refractivity contribution in [3.63, 3.8) is 0 Å². The number of carbonyl (C=O) groups is 1. The molecule has 0 N–H and O–H groups in total. The Bertz CT molecular complexity index is 1290. The van der Waals surface area contributed by atoms with Crippen LogP contribution in [0.3, 0.4) is 0 Å². The van der Waals surface area contributed by atoms with Crippen molar-refractivity contribution in [1.29, 1.82) is 0 Å². The number of imidazole rings is 1. The maximum absolute atomic E-state index is 13.1. The first-order chi connectivity index (χ1) is 15.1.